The second-order valence-corrected chi connectivity index (χ2v) is 5.07. The number of halogens is 2. The summed E-state index contributed by atoms with van der Waals surface area (Å²) in [6.45, 7) is -0.464. The summed E-state index contributed by atoms with van der Waals surface area (Å²) in [5.74, 6) is 0. The van der Waals surface area contributed by atoms with E-state index in [2.05, 4.69) is 0 Å². The van der Waals surface area contributed by atoms with Gasteiger partial charge in [-0.2, -0.15) is 0 Å². The molecule has 0 heterocycles. The zero-order valence-corrected chi connectivity index (χ0v) is 9.92. The van der Waals surface area contributed by atoms with Crippen LogP contribution in [0.4, 0.5) is 20.2 Å². The predicted octanol–water partition coefficient (Wildman–Crippen LogP) is 0.618. The molecule has 0 bridgehead atoms. The van der Waals surface area contributed by atoms with Crippen molar-refractivity contribution in [2.45, 2.75) is 11.3 Å². The number of hydrogen-bond acceptors (Lipinski definition) is 4. The van der Waals surface area contributed by atoms with E-state index in [4.69, 9.17) is 10.9 Å². The molecule has 0 unspecified atom stereocenters. The molecule has 8 heteroatoms. The number of benzene rings is 1. The summed E-state index contributed by atoms with van der Waals surface area (Å²) in [6.07, 6.45) is -2.49. The highest BCUT2D eigenvalue weighted by Crippen LogP contribution is 2.23. The SMILES string of the molecule is CN(CC(F)F)c1ccc(S(N)(=O)=O)c(N)c1. The Kier molecular flexibility index (Phi) is 3.89. The highest BCUT2D eigenvalue weighted by molar-refractivity contribution is 7.89. The van der Waals surface area contributed by atoms with Crippen molar-refractivity contribution in [1.29, 1.82) is 0 Å². The summed E-state index contributed by atoms with van der Waals surface area (Å²) in [4.78, 5) is 1.06. The van der Waals surface area contributed by atoms with Crippen LogP contribution in [0.15, 0.2) is 23.1 Å². The van der Waals surface area contributed by atoms with Crippen LogP contribution in [0.25, 0.3) is 0 Å². The van der Waals surface area contributed by atoms with Gasteiger partial charge in [-0.15, -0.1) is 0 Å². The molecule has 0 aliphatic heterocycles. The largest absolute Gasteiger partial charge is 0.398 e. The van der Waals surface area contributed by atoms with E-state index in [1.807, 2.05) is 0 Å². The molecular formula is C9H13F2N3O2S. The summed E-state index contributed by atoms with van der Waals surface area (Å²) in [7, 11) is -2.43. The Morgan fingerprint density at radius 2 is 2.00 bits per heavy atom. The maximum atomic E-state index is 12.2. The highest BCUT2D eigenvalue weighted by atomic mass is 32.2. The first-order valence-corrected chi connectivity index (χ1v) is 6.18. The maximum Gasteiger partial charge on any atom is 0.255 e. The molecule has 0 aliphatic rings. The van der Waals surface area contributed by atoms with Crippen LogP contribution in [0.3, 0.4) is 0 Å². The number of sulfonamides is 1. The monoisotopic (exact) mass is 265 g/mol. The third kappa shape index (κ3) is 3.53. The first-order valence-electron chi connectivity index (χ1n) is 4.63. The third-order valence-electron chi connectivity index (χ3n) is 2.15. The first kappa shape index (κ1) is 13.7. The quantitative estimate of drug-likeness (QED) is 0.781. The fourth-order valence-electron chi connectivity index (χ4n) is 1.34. The van der Waals surface area contributed by atoms with Crippen molar-refractivity contribution >= 4 is 21.4 Å². The number of alkyl halides is 2. The first-order chi connectivity index (χ1) is 7.71. The van der Waals surface area contributed by atoms with E-state index < -0.39 is 23.0 Å². The molecule has 0 saturated heterocycles. The molecule has 0 aromatic heterocycles. The van der Waals surface area contributed by atoms with Crippen LogP contribution in [0, 0.1) is 0 Å². The molecule has 0 fully saturated rings. The Hall–Kier alpha value is -1.41. The Balaban J connectivity index is 3.05. The summed E-state index contributed by atoms with van der Waals surface area (Å²) in [5.41, 5.74) is 5.84. The normalized spacial score (nSPS) is 11.8. The molecule has 0 aliphatic carbocycles. The van der Waals surface area contributed by atoms with Crippen molar-refractivity contribution in [3.63, 3.8) is 0 Å². The van der Waals surface area contributed by atoms with Crippen molar-refractivity contribution in [3.8, 4) is 0 Å². The lowest BCUT2D eigenvalue weighted by molar-refractivity contribution is 0.156. The van der Waals surface area contributed by atoms with Crippen molar-refractivity contribution in [3.05, 3.63) is 18.2 Å². The van der Waals surface area contributed by atoms with Crippen LogP contribution in [0.2, 0.25) is 0 Å². The van der Waals surface area contributed by atoms with E-state index in [-0.39, 0.29) is 10.6 Å². The average Bonchev–Trinajstić information content (AvgIpc) is 2.14. The molecule has 1 rings (SSSR count). The van der Waals surface area contributed by atoms with Crippen LogP contribution in [-0.2, 0) is 10.0 Å². The van der Waals surface area contributed by atoms with Gasteiger partial charge in [0.2, 0.25) is 10.0 Å². The molecule has 1 aromatic rings. The van der Waals surface area contributed by atoms with Gasteiger partial charge in [0.15, 0.2) is 0 Å². The molecule has 0 amide bonds. The van der Waals surface area contributed by atoms with E-state index in [0.29, 0.717) is 5.69 Å². The van der Waals surface area contributed by atoms with Gasteiger partial charge in [0.1, 0.15) is 4.90 Å². The lowest BCUT2D eigenvalue weighted by atomic mass is 10.2. The van der Waals surface area contributed by atoms with Crippen molar-refractivity contribution in [1.82, 2.24) is 0 Å². The summed E-state index contributed by atoms with van der Waals surface area (Å²) in [6, 6.07) is 3.86. The zero-order chi connectivity index (χ0) is 13.2. The summed E-state index contributed by atoms with van der Waals surface area (Å²) < 4.78 is 46.5. The van der Waals surface area contributed by atoms with E-state index >= 15 is 0 Å². The zero-order valence-electron chi connectivity index (χ0n) is 9.10. The lowest BCUT2D eigenvalue weighted by Gasteiger charge is -2.19. The Bertz CT molecular complexity index is 505. The van der Waals surface area contributed by atoms with Gasteiger partial charge in [-0.3, -0.25) is 0 Å². The standard InChI is InChI=1S/C9H13F2N3O2S/c1-14(5-9(10)11)6-2-3-8(7(12)4-6)17(13,15)16/h2-4,9H,5,12H2,1H3,(H2,13,15,16). The van der Waals surface area contributed by atoms with Gasteiger partial charge < -0.3 is 10.6 Å². The molecule has 1 aromatic carbocycles. The predicted molar refractivity (Wildman–Crippen MR) is 61.5 cm³/mol. The topological polar surface area (TPSA) is 89.4 Å². The second-order valence-electron chi connectivity index (χ2n) is 3.54. The highest BCUT2D eigenvalue weighted by Gasteiger charge is 2.14. The minimum absolute atomic E-state index is 0.0638. The molecular weight excluding hydrogens is 252 g/mol. The summed E-state index contributed by atoms with van der Waals surface area (Å²) >= 11 is 0. The Morgan fingerprint density at radius 3 is 2.41 bits per heavy atom. The van der Waals surface area contributed by atoms with Crippen LogP contribution in [0.1, 0.15) is 0 Å². The fraction of sp³-hybridized carbons (Fsp3) is 0.333. The molecule has 5 nitrogen and oxygen atoms in total. The summed E-state index contributed by atoms with van der Waals surface area (Å²) in [5, 5.41) is 4.92. The van der Waals surface area contributed by atoms with Gasteiger partial charge in [0.05, 0.1) is 12.2 Å². The third-order valence-corrected chi connectivity index (χ3v) is 3.14. The fourth-order valence-corrected chi connectivity index (χ4v) is 1.99. The minimum atomic E-state index is -3.89. The van der Waals surface area contributed by atoms with Gasteiger partial charge in [-0.25, -0.2) is 22.3 Å². The Morgan fingerprint density at radius 1 is 1.41 bits per heavy atom. The van der Waals surface area contributed by atoms with Gasteiger partial charge >= 0.3 is 0 Å². The van der Waals surface area contributed by atoms with Gasteiger partial charge in [0.25, 0.3) is 6.43 Å². The van der Waals surface area contributed by atoms with E-state index in [1.165, 1.54) is 30.1 Å². The lowest BCUT2D eigenvalue weighted by Crippen LogP contribution is -2.24. The van der Waals surface area contributed by atoms with Crippen molar-refractivity contribution in [2.24, 2.45) is 5.14 Å². The van der Waals surface area contributed by atoms with Crippen molar-refractivity contribution < 1.29 is 17.2 Å². The number of primary sulfonamides is 1. The van der Waals surface area contributed by atoms with Gasteiger partial charge in [-0.05, 0) is 18.2 Å². The second kappa shape index (κ2) is 4.84. The van der Waals surface area contributed by atoms with Crippen molar-refractivity contribution in [2.75, 3.05) is 24.2 Å². The molecule has 0 atom stereocenters. The maximum absolute atomic E-state index is 12.2. The molecule has 0 radical (unpaired) electrons. The molecule has 0 spiro atoms. The van der Waals surface area contributed by atoms with Crippen LogP contribution < -0.4 is 15.8 Å². The molecule has 4 N–H and O–H groups in total. The minimum Gasteiger partial charge on any atom is -0.398 e. The molecule has 96 valence electrons. The number of nitrogen functional groups attached to an aromatic ring is 1. The van der Waals surface area contributed by atoms with Crippen LogP contribution in [-0.4, -0.2) is 28.4 Å². The number of hydrogen-bond donors (Lipinski definition) is 2. The van der Waals surface area contributed by atoms with Gasteiger partial charge in [-0.1, -0.05) is 0 Å². The van der Waals surface area contributed by atoms with E-state index in [1.54, 1.807) is 0 Å². The molecule has 17 heavy (non-hydrogen) atoms. The number of nitrogens with two attached hydrogens (primary N) is 2. The smallest absolute Gasteiger partial charge is 0.255 e. The van der Waals surface area contributed by atoms with Crippen LogP contribution in [0.5, 0.6) is 0 Å². The van der Waals surface area contributed by atoms with Crippen LogP contribution >= 0.6 is 0 Å². The van der Waals surface area contributed by atoms with E-state index in [9.17, 15) is 17.2 Å². The van der Waals surface area contributed by atoms with Gasteiger partial charge in [0, 0.05) is 12.7 Å². The van der Waals surface area contributed by atoms with E-state index in [0.717, 1.165) is 0 Å². The number of nitrogens with zero attached hydrogens (tertiary/aromatic N) is 1. The average molecular weight is 265 g/mol. The number of anilines is 2. The molecule has 0 saturated carbocycles. The Labute approximate surface area is 98.1 Å². The number of rotatable bonds is 4.